The number of methoxy groups -OCH3 is 2. The molecule has 2 aliphatic rings. The number of fused-ring (bicyclic) bond motifs is 2. The maximum atomic E-state index is 13.7. The molecule has 36 heavy (non-hydrogen) atoms. The van der Waals surface area contributed by atoms with E-state index in [1.54, 1.807) is 49.5 Å². The van der Waals surface area contributed by atoms with E-state index in [-0.39, 0.29) is 25.0 Å². The van der Waals surface area contributed by atoms with Crippen LogP contribution >= 0.6 is 0 Å². The summed E-state index contributed by atoms with van der Waals surface area (Å²) in [5, 5.41) is 11.0. The number of amides is 1. The molecule has 10 heteroatoms. The van der Waals surface area contributed by atoms with Gasteiger partial charge >= 0.3 is 0 Å². The molecule has 0 fully saturated rings. The SMILES string of the molecule is COc1cc2c(cc1OC)[C@@H](COc1ccc([N+](=O)[O-])cc1)N(C(=O)c1ccc3c(c1)OCO3)CC2. The van der Waals surface area contributed by atoms with Crippen LogP contribution in [-0.4, -0.2) is 49.9 Å². The number of nitro benzene ring substituents is 1. The van der Waals surface area contributed by atoms with Gasteiger partial charge in [0.15, 0.2) is 23.0 Å². The van der Waals surface area contributed by atoms with Crippen LogP contribution in [0.15, 0.2) is 54.6 Å². The lowest BCUT2D eigenvalue weighted by Crippen LogP contribution is -2.42. The second-order valence-corrected chi connectivity index (χ2v) is 8.30. The number of nitrogens with zero attached hydrogens (tertiary/aromatic N) is 2. The standard InChI is InChI=1S/C26H24N2O8/c1-32-23-11-16-9-10-27(26(29)17-3-8-22-25(12-17)36-15-35-22)21(20(16)13-24(23)33-2)14-34-19-6-4-18(5-7-19)28(30)31/h3-8,11-13,21H,9-10,14-15H2,1-2H3/t21-/m1/s1. The number of non-ortho nitro benzene ring substituents is 1. The molecular formula is C26H24N2O8. The summed E-state index contributed by atoms with van der Waals surface area (Å²) in [5.41, 5.74) is 2.36. The molecule has 0 unspecified atom stereocenters. The smallest absolute Gasteiger partial charge is 0.269 e. The Labute approximate surface area is 207 Å². The van der Waals surface area contributed by atoms with Gasteiger partial charge in [0.2, 0.25) is 6.79 Å². The Kier molecular flexibility index (Phi) is 6.24. The lowest BCUT2D eigenvalue weighted by atomic mass is 9.91. The first-order chi connectivity index (χ1) is 17.5. The maximum absolute atomic E-state index is 13.7. The normalized spacial score (nSPS) is 15.7. The van der Waals surface area contributed by atoms with Gasteiger partial charge in [0.25, 0.3) is 11.6 Å². The van der Waals surface area contributed by atoms with Crippen LogP contribution in [-0.2, 0) is 6.42 Å². The molecule has 0 bridgehead atoms. The third-order valence-corrected chi connectivity index (χ3v) is 6.34. The van der Waals surface area contributed by atoms with Gasteiger partial charge in [-0.05, 0) is 60.0 Å². The first-order valence-corrected chi connectivity index (χ1v) is 11.3. The number of rotatable bonds is 7. The number of ether oxygens (including phenoxy) is 5. The van der Waals surface area contributed by atoms with Crippen LogP contribution in [0.4, 0.5) is 5.69 Å². The summed E-state index contributed by atoms with van der Waals surface area (Å²) in [7, 11) is 3.14. The molecule has 5 rings (SSSR count). The molecule has 1 amide bonds. The zero-order valence-electron chi connectivity index (χ0n) is 19.8. The number of nitro groups is 1. The summed E-state index contributed by atoms with van der Waals surface area (Å²) in [6.45, 7) is 0.720. The summed E-state index contributed by atoms with van der Waals surface area (Å²) < 4.78 is 27.8. The topological polar surface area (TPSA) is 110 Å². The van der Waals surface area contributed by atoms with Gasteiger partial charge in [-0.15, -0.1) is 0 Å². The Morgan fingerprint density at radius 2 is 1.75 bits per heavy atom. The van der Waals surface area contributed by atoms with Gasteiger partial charge in [0, 0.05) is 24.2 Å². The van der Waals surface area contributed by atoms with E-state index >= 15 is 0 Å². The summed E-state index contributed by atoms with van der Waals surface area (Å²) >= 11 is 0. The minimum Gasteiger partial charge on any atom is -0.493 e. The zero-order valence-corrected chi connectivity index (χ0v) is 19.8. The summed E-state index contributed by atoms with van der Waals surface area (Å²) in [5.74, 6) is 2.58. The lowest BCUT2D eigenvalue weighted by molar-refractivity contribution is -0.384. The molecule has 3 aromatic carbocycles. The van der Waals surface area contributed by atoms with Crippen molar-refractivity contribution in [2.24, 2.45) is 0 Å². The fourth-order valence-corrected chi connectivity index (χ4v) is 4.49. The van der Waals surface area contributed by atoms with E-state index in [4.69, 9.17) is 23.7 Å². The predicted molar refractivity (Wildman–Crippen MR) is 128 cm³/mol. The number of hydrogen-bond donors (Lipinski definition) is 0. The third-order valence-electron chi connectivity index (χ3n) is 6.34. The Balaban J connectivity index is 1.47. The largest absolute Gasteiger partial charge is 0.493 e. The molecule has 0 saturated heterocycles. The molecule has 2 aliphatic heterocycles. The molecule has 0 saturated carbocycles. The minimum absolute atomic E-state index is 0.0261. The van der Waals surface area contributed by atoms with Crippen LogP contribution in [0.1, 0.15) is 27.5 Å². The van der Waals surface area contributed by atoms with Gasteiger partial charge < -0.3 is 28.6 Å². The summed E-state index contributed by atoms with van der Waals surface area (Å²) in [6, 6.07) is 14.3. The van der Waals surface area contributed by atoms with Crippen molar-refractivity contribution in [1.82, 2.24) is 4.90 Å². The van der Waals surface area contributed by atoms with Gasteiger partial charge in [-0.1, -0.05) is 0 Å². The Morgan fingerprint density at radius 1 is 1.03 bits per heavy atom. The monoisotopic (exact) mass is 492 g/mol. The molecule has 10 nitrogen and oxygen atoms in total. The van der Waals surface area contributed by atoms with Crippen LogP contribution < -0.4 is 23.7 Å². The average molecular weight is 492 g/mol. The number of benzene rings is 3. The van der Waals surface area contributed by atoms with Crippen molar-refractivity contribution in [2.75, 3.05) is 34.2 Å². The number of carbonyl (C=O) groups excluding carboxylic acids is 1. The minimum atomic E-state index is -0.466. The highest BCUT2D eigenvalue weighted by atomic mass is 16.7. The van der Waals surface area contributed by atoms with Crippen LogP contribution in [0.5, 0.6) is 28.7 Å². The van der Waals surface area contributed by atoms with Crippen molar-refractivity contribution in [2.45, 2.75) is 12.5 Å². The van der Waals surface area contributed by atoms with Crippen LogP contribution in [0, 0.1) is 10.1 Å². The van der Waals surface area contributed by atoms with E-state index in [2.05, 4.69) is 0 Å². The fraction of sp³-hybridized carbons (Fsp3) is 0.269. The molecule has 0 aromatic heterocycles. The number of hydrogen-bond acceptors (Lipinski definition) is 8. The summed E-state index contributed by atoms with van der Waals surface area (Å²) in [6.07, 6.45) is 0.625. The summed E-state index contributed by atoms with van der Waals surface area (Å²) in [4.78, 5) is 25.9. The molecule has 0 aliphatic carbocycles. The van der Waals surface area contributed by atoms with Crippen molar-refractivity contribution >= 4 is 11.6 Å². The highest BCUT2D eigenvalue weighted by Crippen LogP contribution is 2.40. The van der Waals surface area contributed by atoms with Crippen molar-refractivity contribution in [3.8, 4) is 28.7 Å². The zero-order chi connectivity index (χ0) is 25.2. The predicted octanol–water partition coefficient (Wildman–Crippen LogP) is 4.16. The Bertz CT molecular complexity index is 1310. The van der Waals surface area contributed by atoms with E-state index in [1.807, 2.05) is 12.1 Å². The van der Waals surface area contributed by atoms with Crippen LogP contribution in [0.25, 0.3) is 0 Å². The second-order valence-electron chi connectivity index (χ2n) is 8.30. The highest BCUT2D eigenvalue weighted by Gasteiger charge is 2.34. The van der Waals surface area contributed by atoms with E-state index < -0.39 is 11.0 Å². The van der Waals surface area contributed by atoms with Crippen molar-refractivity contribution in [1.29, 1.82) is 0 Å². The lowest BCUT2D eigenvalue weighted by Gasteiger charge is -2.37. The number of carbonyl (C=O) groups is 1. The van der Waals surface area contributed by atoms with Gasteiger partial charge in [-0.25, -0.2) is 0 Å². The Morgan fingerprint density at radius 3 is 2.47 bits per heavy atom. The van der Waals surface area contributed by atoms with E-state index in [0.717, 1.165) is 11.1 Å². The van der Waals surface area contributed by atoms with E-state index in [1.165, 1.54) is 12.1 Å². The van der Waals surface area contributed by atoms with Crippen LogP contribution in [0.3, 0.4) is 0 Å². The average Bonchev–Trinajstić information content (AvgIpc) is 3.38. The third kappa shape index (κ3) is 4.33. The van der Waals surface area contributed by atoms with Crippen molar-refractivity contribution in [3.63, 3.8) is 0 Å². The van der Waals surface area contributed by atoms with E-state index in [0.29, 0.717) is 47.3 Å². The van der Waals surface area contributed by atoms with Gasteiger partial charge in [-0.3, -0.25) is 14.9 Å². The maximum Gasteiger partial charge on any atom is 0.269 e. The molecule has 1 atom stereocenters. The van der Waals surface area contributed by atoms with Gasteiger partial charge in [-0.2, -0.15) is 0 Å². The molecule has 3 aromatic rings. The fourth-order valence-electron chi connectivity index (χ4n) is 4.49. The van der Waals surface area contributed by atoms with Crippen molar-refractivity contribution < 1.29 is 33.4 Å². The van der Waals surface area contributed by atoms with Gasteiger partial charge in [0.05, 0.1) is 25.2 Å². The molecule has 0 N–H and O–H groups in total. The Hall–Kier alpha value is -4.47. The highest BCUT2D eigenvalue weighted by molar-refractivity contribution is 5.95. The molecule has 0 spiro atoms. The van der Waals surface area contributed by atoms with Gasteiger partial charge in [0.1, 0.15) is 12.4 Å². The quantitative estimate of drug-likeness (QED) is 0.357. The molecule has 2 heterocycles. The molecule has 186 valence electrons. The van der Waals surface area contributed by atoms with Crippen molar-refractivity contribution in [3.05, 3.63) is 81.4 Å². The first-order valence-electron chi connectivity index (χ1n) is 11.3. The van der Waals surface area contributed by atoms with E-state index in [9.17, 15) is 14.9 Å². The van der Waals surface area contributed by atoms with Crippen LogP contribution in [0.2, 0.25) is 0 Å². The molecule has 0 radical (unpaired) electrons. The first kappa shape index (κ1) is 23.3. The molecular weight excluding hydrogens is 468 g/mol. The second kappa shape index (κ2) is 9.65.